The number of carbonyl (C=O) groups excluding carboxylic acids is 2. The quantitative estimate of drug-likeness (QED) is 0.146. The molecular weight excluding hydrogens is 629 g/mol. The van der Waals surface area contributed by atoms with Crippen molar-refractivity contribution in [2.45, 2.75) is 50.6 Å². The molecule has 0 aliphatic heterocycles. The summed E-state index contributed by atoms with van der Waals surface area (Å²) < 4.78 is 29.2. The third kappa shape index (κ3) is 8.87. The first kappa shape index (κ1) is 34.0. The summed E-state index contributed by atoms with van der Waals surface area (Å²) in [6, 6.07) is 28.5. The third-order valence-corrected chi connectivity index (χ3v) is 10.0. The van der Waals surface area contributed by atoms with Gasteiger partial charge in [-0.1, -0.05) is 109 Å². The number of carbonyl (C=O) groups is 2. The number of anilines is 1. The summed E-state index contributed by atoms with van der Waals surface area (Å²) in [5, 5.41) is 3.39. The molecule has 4 aromatic carbocycles. The average Bonchev–Trinajstić information content (AvgIpc) is 3.04. The van der Waals surface area contributed by atoms with Crippen LogP contribution in [0.15, 0.2) is 108 Å². The van der Waals surface area contributed by atoms with E-state index in [-0.39, 0.29) is 39.5 Å². The molecule has 0 heterocycles. The first-order valence-electron chi connectivity index (χ1n) is 14.8. The summed E-state index contributed by atoms with van der Waals surface area (Å²) in [6.07, 6.45) is 1.93. The fraction of sp³-hybridized carbons (Fsp3) is 0.257. The molecule has 0 radical (unpaired) electrons. The monoisotopic (exact) mass is 665 g/mol. The van der Waals surface area contributed by atoms with Crippen molar-refractivity contribution in [3.63, 3.8) is 0 Å². The Labute approximate surface area is 275 Å². The van der Waals surface area contributed by atoms with Gasteiger partial charge >= 0.3 is 0 Å². The fourth-order valence-electron chi connectivity index (χ4n) is 4.92. The van der Waals surface area contributed by atoms with Gasteiger partial charge in [0.25, 0.3) is 10.0 Å². The molecule has 0 aromatic heterocycles. The highest BCUT2D eigenvalue weighted by Gasteiger charge is 2.35. The van der Waals surface area contributed by atoms with Crippen LogP contribution in [0, 0.1) is 6.92 Å². The molecule has 236 valence electrons. The summed E-state index contributed by atoms with van der Waals surface area (Å²) in [5.41, 5.74) is 2.83. The van der Waals surface area contributed by atoms with Crippen molar-refractivity contribution in [3.05, 3.63) is 130 Å². The number of unbranched alkanes of at least 4 members (excludes halogenated alkanes) is 1. The lowest BCUT2D eigenvalue weighted by Crippen LogP contribution is -2.53. The Hall–Kier alpha value is -3.85. The van der Waals surface area contributed by atoms with Crippen LogP contribution in [0.2, 0.25) is 10.0 Å². The normalized spacial score (nSPS) is 11.9. The Kier molecular flexibility index (Phi) is 12.0. The molecule has 4 rings (SSSR count). The second-order valence-electron chi connectivity index (χ2n) is 10.7. The van der Waals surface area contributed by atoms with Gasteiger partial charge in [-0.25, -0.2) is 8.42 Å². The summed E-state index contributed by atoms with van der Waals surface area (Å²) in [5.74, 6) is -0.850. The number of sulfonamides is 1. The summed E-state index contributed by atoms with van der Waals surface area (Å²) in [4.78, 5) is 29.8. The van der Waals surface area contributed by atoms with Crippen LogP contribution in [-0.2, 0) is 32.6 Å². The fourth-order valence-corrected chi connectivity index (χ4v) is 6.64. The minimum Gasteiger partial charge on any atom is -0.354 e. The van der Waals surface area contributed by atoms with Gasteiger partial charge in [0.2, 0.25) is 11.8 Å². The summed E-state index contributed by atoms with van der Waals surface area (Å²) in [6.45, 7) is 3.96. The predicted octanol–water partition coefficient (Wildman–Crippen LogP) is 7.05. The molecule has 0 fully saturated rings. The second-order valence-corrected chi connectivity index (χ2v) is 13.4. The molecule has 7 nitrogen and oxygen atoms in total. The van der Waals surface area contributed by atoms with Crippen LogP contribution in [0.3, 0.4) is 0 Å². The predicted molar refractivity (Wildman–Crippen MR) is 181 cm³/mol. The minimum atomic E-state index is -4.23. The minimum absolute atomic E-state index is 0.00692. The zero-order valence-corrected chi connectivity index (χ0v) is 27.7. The SMILES string of the molecule is CCCCNC(=O)C(Cc1ccccc1)N(Cc1ccccc1C)C(=O)CN(c1ccc(Cl)c(Cl)c1)S(=O)(=O)c1ccccc1. The van der Waals surface area contributed by atoms with Gasteiger partial charge in [0.1, 0.15) is 12.6 Å². The topological polar surface area (TPSA) is 86.8 Å². The molecule has 0 aliphatic carbocycles. The van der Waals surface area contributed by atoms with Crippen LogP contribution in [0.1, 0.15) is 36.5 Å². The van der Waals surface area contributed by atoms with E-state index in [0.29, 0.717) is 6.54 Å². The van der Waals surface area contributed by atoms with Crippen LogP contribution >= 0.6 is 23.2 Å². The van der Waals surface area contributed by atoms with Gasteiger partial charge in [-0.3, -0.25) is 13.9 Å². The number of hydrogen-bond acceptors (Lipinski definition) is 4. The number of nitrogens with zero attached hydrogens (tertiary/aromatic N) is 2. The van der Waals surface area contributed by atoms with E-state index in [1.54, 1.807) is 18.2 Å². The highest BCUT2D eigenvalue weighted by atomic mass is 35.5. The maximum atomic E-state index is 14.5. The number of rotatable bonds is 14. The first-order chi connectivity index (χ1) is 21.6. The molecule has 4 aromatic rings. The van der Waals surface area contributed by atoms with Gasteiger partial charge in [0.15, 0.2) is 0 Å². The number of hydrogen-bond donors (Lipinski definition) is 1. The molecule has 0 bridgehead atoms. The van der Waals surface area contributed by atoms with E-state index in [9.17, 15) is 18.0 Å². The average molecular weight is 667 g/mol. The molecule has 0 spiro atoms. The van der Waals surface area contributed by atoms with Crippen molar-refractivity contribution in [1.82, 2.24) is 10.2 Å². The number of benzene rings is 4. The lowest BCUT2D eigenvalue weighted by Gasteiger charge is -2.34. The largest absolute Gasteiger partial charge is 0.354 e. The van der Waals surface area contributed by atoms with Crippen LogP contribution in [-0.4, -0.2) is 44.3 Å². The van der Waals surface area contributed by atoms with E-state index in [1.807, 2.05) is 68.4 Å². The Morgan fingerprint density at radius 1 is 0.844 bits per heavy atom. The number of amides is 2. The highest BCUT2D eigenvalue weighted by Crippen LogP contribution is 2.31. The van der Waals surface area contributed by atoms with Crippen molar-refractivity contribution < 1.29 is 18.0 Å². The van der Waals surface area contributed by atoms with E-state index in [2.05, 4.69) is 5.32 Å². The van der Waals surface area contributed by atoms with Crippen molar-refractivity contribution in [2.24, 2.45) is 0 Å². The lowest BCUT2D eigenvalue weighted by molar-refractivity contribution is -0.140. The third-order valence-electron chi connectivity index (χ3n) is 7.50. The van der Waals surface area contributed by atoms with Gasteiger partial charge in [-0.2, -0.15) is 0 Å². The molecule has 1 N–H and O–H groups in total. The van der Waals surface area contributed by atoms with Gasteiger partial charge in [-0.05, 0) is 60.4 Å². The smallest absolute Gasteiger partial charge is 0.264 e. The molecule has 0 saturated heterocycles. The van der Waals surface area contributed by atoms with E-state index in [4.69, 9.17) is 23.2 Å². The Balaban J connectivity index is 1.81. The molecule has 45 heavy (non-hydrogen) atoms. The van der Waals surface area contributed by atoms with Gasteiger partial charge in [-0.15, -0.1) is 0 Å². The molecule has 1 unspecified atom stereocenters. The molecule has 0 aliphatic rings. The zero-order valence-electron chi connectivity index (χ0n) is 25.3. The zero-order chi connectivity index (χ0) is 32.4. The van der Waals surface area contributed by atoms with Crippen LogP contribution in [0.25, 0.3) is 0 Å². The molecule has 10 heteroatoms. The van der Waals surface area contributed by atoms with Crippen LogP contribution < -0.4 is 9.62 Å². The highest BCUT2D eigenvalue weighted by molar-refractivity contribution is 7.92. The molecule has 1 atom stereocenters. The lowest BCUT2D eigenvalue weighted by atomic mass is 10.0. The van der Waals surface area contributed by atoms with Gasteiger partial charge in [0.05, 0.1) is 20.6 Å². The van der Waals surface area contributed by atoms with Gasteiger partial charge in [0, 0.05) is 19.5 Å². The maximum Gasteiger partial charge on any atom is 0.264 e. The van der Waals surface area contributed by atoms with Crippen LogP contribution in [0.5, 0.6) is 0 Å². The van der Waals surface area contributed by atoms with E-state index in [1.165, 1.54) is 35.2 Å². The standard InChI is InChI=1S/C35H37Cl2N3O4S/c1-3-4-21-38-35(42)33(22-27-14-7-5-8-15-27)39(24-28-16-12-11-13-26(28)2)34(41)25-40(29-19-20-31(36)32(37)23-29)45(43,44)30-17-9-6-10-18-30/h5-20,23,33H,3-4,21-22,24-25H2,1-2H3,(H,38,42). The van der Waals surface area contributed by atoms with Crippen molar-refractivity contribution in [2.75, 3.05) is 17.4 Å². The van der Waals surface area contributed by atoms with E-state index >= 15 is 0 Å². The second kappa shape index (κ2) is 15.9. The Bertz CT molecular complexity index is 1700. The van der Waals surface area contributed by atoms with Crippen LogP contribution in [0.4, 0.5) is 5.69 Å². The molecule has 2 amide bonds. The van der Waals surface area contributed by atoms with Crippen molar-refractivity contribution >= 4 is 50.7 Å². The first-order valence-corrected chi connectivity index (χ1v) is 17.0. The van der Waals surface area contributed by atoms with E-state index < -0.39 is 28.5 Å². The van der Waals surface area contributed by atoms with Crippen molar-refractivity contribution in [3.8, 4) is 0 Å². The Morgan fingerprint density at radius 3 is 2.13 bits per heavy atom. The maximum absolute atomic E-state index is 14.5. The van der Waals surface area contributed by atoms with Gasteiger partial charge < -0.3 is 10.2 Å². The molecule has 0 saturated carbocycles. The molecular formula is C35H37Cl2N3O4S. The van der Waals surface area contributed by atoms with E-state index in [0.717, 1.165) is 33.8 Å². The summed E-state index contributed by atoms with van der Waals surface area (Å²) >= 11 is 12.5. The Morgan fingerprint density at radius 2 is 1.49 bits per heavy atom. The van der Waals surface area contributed by atoms with Crippen molar-refractivity contribution in [1.29, 1.82) is 0 Å². The number of aryl methyl sites for hydroxylation is 1. The number of nitrogens with one attached hydrogen (secondary N) is 1. The number of halogens is 2. The summed E-state index contributed by atoms with van der Waals surface area (Å²) in [7, 11) is -4.23.